The van der Waals surface area contributed by atoms with Crippen molar-refractivity contribution < 1.29 is 0 Å². The molecule has 0 N–H and O–H groups in total. The summed E-state index contributed by atoms with van der Waals surface area (Å²) in [7, 11) is 2.21. The SMILES string of the molecule is Cc1ccc(CN(C)C2CCC(C#N)CC2)cc1. The summed E-state index contributed by atoms with van der Waals surface area (Å²) in [5.41, 5.74) is 2.70. The smallest absolute Gasteiger partial charge is 0.0655 e. The lowest BCUT2D eigenvalue weighted by atomic mass is 9.86. The third-order valence-electron chi connectivity index (χ3n) is 4.06. The van der Waals surface area contributed by atoms with Crippen LogP contribution in [0, 0.1) is 24.2 Å². The highest BCUT2D eigenvalue weighted by atomic mass is 15.1. The summed E-state index contributed by atoms with van der Waals surface area (Å²) < 4.78 is 0. The molecule has 18 heavy (non-hydrogen) atoms. The first-order chi connectivity index (χ1) is 8.69. The molecule has 1 saturated carbocycles. The molecule has 1 fully saturated rings. The average Bonchev–Trinajstić information content (AvgIpc) is 2.41. The zero-order valence-corrected chi connectivity index (χ0v) is 11.4. The lowest BCUT2D eigenvalue weighted by molar-refractivity contribution is 0.171. The molecule has 0 amide bonds. The number of hydrogen-bond acceptors (Lipinski definition) is 2. The number of nitriles is 1. The Bertz CT molecular complexity index is 408. The van der Waals surface area contributed by atoms with Gasteiger partial charge in [-0.05, 0) is 45.2 Å². The second-order valence-corrected chi connectivity index (χ2v) is 5.54. The Labute approximate surface area is 110 Å². The number of aryl methyl sites for hydroxylation is 1. The van der Waals surface area contributed by atoms with Crippen LogP contribution in [-0.2, 0) is 6.54 Å². The molecular weight excluding hydrogens is 220 g/mol. The maximum atomic E-state index is 8.91. The molecule has 0 aromatic heterocycles. The van der Waals surface area contributed by atoms with Crippen LogP contribution in [0.15, 0.2) is 24.3 Å². The zero-order chi connectivity index (χ0) is 13.0. The molecule has 1 aliphatic rings. The van der Waals surface area contributed by atoms with Crippen LogP contribution in [0.1, 0.15) is 36.8 Å². The quantitative estimate of drug-likeness (QED) is 0.811. The maximum Gasteiger partial charge on any atom is 0.0655 e. The Hall–Kier alpha value is -1.33. The van der Waals surface area contributed by atoms with Gasteiger partial charge in [-0.1, -0.05) is 29.8 Å². The molecule has 1 aromatic carbocycles. The van der Waals surface area contributed by atoms with Gasteiger partial charge in [0.25, 0.3) is 0 Å². The van der Waals surface area contributed by atoms with Crippen molar-refractivity contribution in [3.63, 3.8) is 0 Å². The first-order valence-electron chi connectivity index (χ1n) is 6.84. The minimum Gasteiger partial charge on any atom is -0.299 e. The van der Waals surface area contributed by atoms with Crippen molar-refractivity contribution in [1.29, 1.82) is 5.26 Å². The molecule has 1 aliphatic carbocycles. The third kappa shape index (κ3) is 3.34. The van der Waals surface area contributed by atoms with E-state index in [2.05, 4.69) is 49.2 Å². The van der Waals surface area contributed by atoms with Crippen molar-refractivity contribution in [3.8, 4) is 6.07 Å². The molecule has 0 atom stereocenters. The Morgan fingerprint density at radius 3 is 2.33 bits per heavy atom. The Balaban J connectivity index is 1.87. The summed E-state index contributed by atoms with van der Waals surface area (Å²) in [5, 5.41) is 8.91. The van der Waals surface area contributed by atoms with Crippen LogP contribution < -0.4 is 0 Å². The lowest BCUT2D eigenvalue weighted by Gasteiger charge is -2.32. The highest BCUT2D eigenvalue weighted by Crippen LogP contribution is 2.27. The summed E-state index contributed by atoms with van der Waals surface area (Å²) >= 11 is 0. The largest absolute Gasteiger partial charge is 0.299 e. The Morgan fingerprint density at radius 2 is 1.78 bits per heavy atom. The second-order valence-electron chi connectivity index (χ2n) is 5.54. The highest BCUT2D eigenvalue weighted by Gasteiger charge is 2.23. The zero-order valence-electron chi connectivity index (χ0n) is 11.4. The standard InChI is InChI=1S/C16H22N2/c1-13-3-5-15(6-4-13)12-18(2)16-9-7-14(11-17)8-10-16/h3-6,14,16H,7-10,12H2,1-2H3. The van der Waals surface area contributed by atoms with Gasteiger partial charge in [0.2, 0.25) is 0 Å². The normalized spacial score (nSPS) is 23.9. The fraction of sp³-hybridized carbons (Fsp3) is 0.562. The minimum absolute atomic E-state index is 0.300. The van der Waals surface area contributed by atoms with E-state index in [0.717, 1.165) is 19.4 Å². The predicted octanol–water partition coefficient (Wildman–Crippen LogP) is 3.51. The topological polar surface area (TPSA) is 27.0 Å². The molecule has 96 valence electrons. The van der Waals surface area contributed by atoms with Gasteiger partial charge in [-0.25, -0.2) is 0 Å². The Kier molecular flexibility index (Phi) is 4.38. The fourth-order valence-electron chi connectivity index (χ4n) is 2.76. The van der Waals surface area contributed by atoms with Gasteiger partial charge < -0.3 is 0 Å². The van der Waals surface area contributed by atoms with Gasteiger partial charge in [0.05, 0.1) is 6.07 Å². The summed E-state index contributed by atoms with van der Waals surface area (Å²) in [4.78, 5) is 2.44. The minimum atomic E-state index is 0.300. The van der Waals surface area contributed by atoms with E-state index in [1.165, 1.54) is 24.0 Å². The molecule has 1 aromatic rings. The number of rotatable bonds is 3. The van der Waals surface area contributed by atoms with E-state index in [0.29, 0.717) is 12.0 Å². The third-order valence-corrected chi connectivity index (χ3v) is 4.06. The van der Waals surface area contributed by atoms with Crippen molar-refractivity contribution in [2.75, 3.05) is 7.05 Å². The Morgan fingerprint density at radius 1 is 1.17 bits per heavy atom. The number of nitrogens with zero attached hydrogens (tertiary/aromatic N) is 2. The summed E-state index contributed by atoms with van der Waals surface area (Å²) in [5.74, 6) is 0.300. The van der Waals surface area contributed by atoms with Crippen LogP contribution >= 0.6 is 0 Å². The summed E-state index contributed by atoms with van der Waals surface area (Å²) in [6.45, 7) is 3.14. The van der Waals surface area contributed by atoms with E-state index in [-0.39, 0.29) is 0 Å². The van der Waals surface area contributed by atoms with Crippen LogP contribution in [-0.4, -0.2) is 18.0 Å². The molecule has 2 rings (SSSR count). The summed E-state index contributed by atoms with van der Waals surface area (Å²) in [6, 6.07) is 11.8. The van der Waals surface area contributed by atoms with Crippen LogP contribution in [0.4, 0.5) is 0 Å². The molecule has 2 heteroatoms. The van der Waals surface area contributed by atoms with E-state index in [1.54, 1.807) is 0 Å². The molecular formula is C16H22N2. The molecule has 0 saturated heterocycles. The van der Waals surface area contributed by atoms with Crippen LogP contribution in [0.3, 0.4) is 0 Å². The van der Waals surface area contributed by atoms with E-state index in [1.807, 2.05) is 0 Å². The van der Waals surface area contributed by atoms with Gasteiger partial charge in [0, 0.05) is 18.5 Å². The lowest BCUT2D eigenvalue weighted by Crippen LogP contribution is -2.34. The second kappa shape index (κ2) is 6.02. The van der Waals surface area contributed by atoms with Gasteiger partial charge >= 0.3 is 0 Å². The van der Waals surface area contributed by atoms with Crippen molar-refractivity contribution in [2.24, 2.45) is 5.92 Å². The fourth-order valence-corrected chi connectivity index (χ4v) is 2.76. The molecule has 0 unspecified atom stereocenters. The van der Waals surface area contributed by atoms with E-state index in [9.17, 15) is 0 Å². The van der Waals surface area contributed by atoms with Crippen molar-refractivity contribution in [2.45, 2.75) is 45.2 Å². The summed E-state index contributed by atoms with van der Waals surface area (Å²) in [6.07, 6.45) is 4.47. The average molecular weight is 242 g/mol. The molecule has 0 radical (unpaired) electrons. The van der Waals surface area contributed by atoms with Crippen molar-refractivity contribution in [1.82, 2.24) is 4.90 Å². The predicted molar refractivity (Wildman–Crippen MR) is 74.0 cm³/mol. The van der Waals surface area contributed by atoms with E-state index < -0.39 is 0 Å². The molecule has 0 bridgehead atoms. The number of benzene rings is 1. The molecule has 2 nitrogen and oxygen atoms in total. The van der Waals surface area contributed by atoms with Crippen LogP contribution in [0.5, 0.6) is 0 Å². The van der Waals surface area contributed by atoms with Gasteiger partial charge in [-0.15, -0.1) is 0 Å². The van der Waals surface area contributed by atoms with Gasteiger partial charge in [-0.3, -0.25) is 4.90 Å². The van der Waals surface area contributed by atoms with Gasteiger partial charge in [0.1, 0.15) is 0 Å². The monoisotopic (exact) mass is 242 g/mol. The van der Waals surface area contributed by atoms with Crippen LogP contribution in [0.25, 0.3) is 0 Å². The molecule has 0 heterocycles. The molecule has 0 aliphatic heterocycles. The van der Waals surface area contributed by atoms with E-state index in [4.69, 9.17) is 5.26 Å². The first kappa shape index (κ1) is 13.1. The van der Waals surface area contributed by atoms with Crippen molar-refractivity contribution in [3.05, 3.63) is 35.4 Å². The molecule has 0 spiro atoms. The maximum absolute atomic E-state index is 8.91. The van der Waals surface area contributed by atoms with Crippen molar-refractivity contribution >= 4 is 0 Å². The van der Waals surface area contributed by atoms with Gasteiger partial charge in [-0.2, -0.15) is 5.26 Å². The number of hydrogen-bond donors (Lipinski definition) is 0. The first-order valence-corrected chi connectivity index (χ1v) is 6.84. The highest BCUT2D eigenvalue weighted by molar-refractivity contribution is 5.21. The van der Waals surface area contributed by atoms with Crippen LogP contribution in [0.2, 0.25) is 0 Å². The van der Waals surface area contributed by atoms with E-state index >= 15 is 0 Å². The van der Waals surface area contributed by atoms with Gasteiger partial charge in [0.15, 0.2) is 0 Å².